The summed E-state index contributed by atoms with van der Waals surface area (Å²) in [6.07, 6.45) is -0.299. The zero-order valence-corrected chi connectivity index (χ0v) is 13.0. The van der Waals surface area contributed by atoms with E-state index in [1.54, 1.807) is 19.1 Å². The van der Waals surface area contributed by atoms with Gasteiger partial charge in [-0.05, 0) is 60.7 Å². The highest BCUT2D eigenvalue weighted by Gasteiger charge is 2.19. The summed E-state index contributed by atoms with van der Waals surface area (Å²) in [5.74, 6) is -1.47. The first-order valence-electron chi connectivity index (χ1n) is 7.15. The highest BCUT2D eigenvalue weighted by Crippen LogP contribution is 2.32. The van der Waals surface area contributed by atoms with Crippen LogP contribution >= 0.6 is 0 Å². The number of aliphatic carboxylic acids is 1. The molecule has 0 aliphatic rings. The van der Waals surface area contributed by atoms with Gasteiger partial charge in [0.25, 0.3) is 0 Å². The Balaban J connectivity index is 2.60. The van der Waals surface area contributed by atoms with Gasteiger partial charge in [0.05, 0.1) is 6.42 Å². The molecule has 0 aromatic heterocycles. The van der Waals surface area contributed by atoms with Gasteiger partial charge in [0.2, 0.25) is 0 Å². The van der Waals surface area contributed by atoms with Gasteiger partial charge >= 0.3 is 5.97 Å². The van der Waals surface area contributed by atoms with E-state index < -0.39 is 17.8 Å². The Hall–Kier alpha value is -2.20. The molecule has 0 radical (unpaired) electrons. The Bertz CT molecular complexity index is 705. The lowest BCUT2D eigenvalue weighted by Crippen LogP contribution is -2.17. The number of nitrogens with two attached hydrogens (primary N) is 1. The SMILES string of the molecule is Cc1cc(-c2c(C)cccc2C)cc([C@@H](N)CC(=O)O)c1F. The lowest BCUT2D eigenvalue weighted by molar-refractivity contribution is -0.137. The summed E-state index contributed by atoms with van der Waals surface area (Å²) in [5, 5.41) is 8.88. The van der Waals surface area contributed by atoms with Crippen LogP contribution in [0.3, 0.4) is 0 Å². The lowest BCUT2D eigenvalue weighted by Gasteiger charge is -2.17. The minimum Gasteiger partial charge on any atom is -0.481 e. The van der Waals surface area contributed by atoms with Crippen molar-refractivity contribution in [2.75, 3.05) is 0 Å². The summed E-state index contributed by atoms with van der Waals surface area (Å²) in [5.41, 5.74) is 10.7. The molecule has 2 aromatic carbocycles. The number of benzene rings is 2. The zero-order valence-electron chi connectivity index (χ0n) is 13.0. The largest absolute Gasteiger partial charge is 0.481 e. The number of carboxylic acids is 1. The molecule has 0 unspecified atom stereocenters. The van der Waals surface area contributed by atoms with Crippen LogP contribution in [0.2, 0.25) is 0 Å². The van der Waals surface area contributed by atoms with E-state index in [9.17, 15) is 9.18 Å². The minimum absolute atomic E-state index is 0.250. The number of hydrogen-bond donors (Lipinski definition) is 2. The molecule has 116 valence electrons. The van der Waals surface area contributed by atoms with Gasteiger partial charge in [0, 0.05) is 11.6 Å². The van der Waals surface area contributed by atoms with E-state index in [1.807, 2.05) is 32.0 Å². The van der Waals surface area contributed by atoms with Gasteiger partial charge in [-0.15, -0.1) is 0 Å². The summed E-state index contributed by atoms with van der Waals surface area (Å²) >= 11 is 0. The van der Waals surface area contributed by atoms with Crippen molar-refractivity contribution < 1.29 is 14.3 Å². The molecule has 0 bridgehead atoms. The Morgan fingerprint density at radius 1 is 1.18 bits per heavy atom. The van der Waals surface area contributed by atoms with Crippen LogP contribution in [0.4, 0.5) is 4.39 Å². The van der Waals surface area contributed by atoms with E-state index in [0.29, 0.717) is 5.56 Å². The molecule has 3 nitrogen and oxygen atoms in total. The monoisotopic (exact) mass is 301 g/mol. The van der Waals surface area contributed by atoms with E-state index in [0.717, 1.165) is 22.3 Å². The zero-order chi connectivity index (χ0) is 16.4. The second kappa shape index (κ2) is 6.28. The minimum atomic E-state index is -1.04. The first-order valence-corrected chi connectivity index (χ1v) is 7.15. The Kier molecular flexibility index (Phi) is 4.62. The van der Waals surface area contributed by atoms with Crippen molar-refractivity contribution in [3.63, 3.8) is 0 Å². The second-order valence-electron chi connectivity index (χ2n) is 5.67. The Morgan fingerprint density at radius 3 is 2.32 bits per heavy atom. The fourth-order valence-electron chi connectivity index (χ4n) is 2.78. The van der Waals surface area contributed by atoms with Crippen LogP contribution in [-0.2, 0) is 4.79 Å². The van der Waals surface area contributed by atoms with Crippen LogP contribution in [0.1, 0.15) is 34.7 Å². The third kappa shape index (κ3) is 3.17. The van der Waals surface area contributed by atoms with E-state index >= 15 is 0 Å². The third-order valence-electron chi connectivity index (χ3n) is 3.85. The third-order valence-corrected chi connectivity index (χ3v) is 3.85. The second-order valence-corrected chi connectivity index (χ2v) is 5.67. The molecule has 0 saturated heterocycles. The number of aryl methyl sites for hydroxylation is 3. The van der Waals surface area contributed by atoms with Crippen molar-refractivity contribution in [3.05, 3.63) is 58.4 Å². The van der Waals surface area contributed by atoms with Gasteiger partial charge < -0.3 is 10.8 Å². The molecule has 2 aromatic rings. The molecule has 1 atom stereocenters. The average Bonchev–Trinajstić information content (AvgIpc) is 2.41. The molecule has 0 amide bonds. The molecule has 22 heavy (non-hydrogen) atoms. The molecule has 0 aliphatic heterocycles. The quantitative estimate of drug-likeness (QED) is 0.900. The maximum absolute atomic E-state index is 14.3. The molecular formula is C18H20FNO2. The van der Waals surface area contributed by atoms with E-state index in [-0.39, 0.29) is 12.0 Å². The van der Waals surface area contributed by atoms with Gasteiger partial charge in [0.1, 0.15) is 5.82 Å². The molecule has 0 heterocycles. The van der Waals surface area contributed by atoms with Gasteiger partial charge in [-0.2, -0.15) is 0 Å². The number of halogens is 1. The van der Waals surface area contributed by atoms with Crippen LogP contribution in [0.25, 0.3) is 11.1 Å². The maximum Gasteiger partial charge on any atom is 0.305 e. The number of carbonyl (C=O) groups is 1. The topological polar surface area (TPSA) is 63.3 Å². The van der Waals surface area contributed by atoms with Crippen LogP contribution in [0, 0.1) is 26.6 Å². The van der Waals surface area contributed by atoms with Crippen molar-refractivity contribution >= 4 is 5.97 Å². The highest BCUT2D eigenvalue weighted by atomic mass is 19.1. The van der Waals surface area contributed by atoms with E-state index in [2.05, 4.69) is 0 Å². The molecular weight excluding hydrogens is 281 g/mol. The Labute approximate surface area is 129 Å². The van der Waals surface area contributed by atoms with Crippen molar-refractivity contribution in [2.45, 2.75) is 33.2 Å². The number of hydrogen-bond acceptors (Lipinski definition) is 2. The summed E-state index contributed by atoms with van der Waals surface area (Å²) in [6.45, 7) is 5.67. The first kappa shape index (κ1) is 16.2. The average molecular weight is 301 g/mol. The van der Waals surface area contributed by atoms with Crippen molar-refractivity contribution in [1.82, 2.24) is 0 Å². The molecule has 0 aliphatic carbocycles. The van der Waals surface area contributed by atoms with Gasteiger partial charge in [-0.25, -0.2) is 4.39 Å². The van der Waals surface area contributed by atoms with E-state index in [1.165, 1.54) is 0 Å². The van der Waals surface area contributed by atoms with Gasteiger partial charge in [-0.3, -0.25) is 4.79 Å². The number of rotatable bonds is 4. The molecule has 2 rings (SSSR count). The van der Waals surface area contributed by atoms with E-state index in [4.69, 9.17) is 10.8 Å². The van der Waals surface area contributed by atoms with Crippen LogP contribution < -0.4 is 5.73 Å². The first-order chi connectivity index (χ1) is 10.3. The smallest absolute Gasteiger partial charge is 0.305 e. The van der Waals surface area contributed by atoms with Crippen LogP contribution in [-0.4, -0.2) is 11.1 Å². The Morgan fingerprint density at radius 2 is 1.77 bits per heavy atom. The van der Waals surface area contributed by atoms with Gasteiger partial charge in [0.15, 0.2) is 0 Å². The van der Waals surface area contributed by atoms with Crippen LogP contribution in [0.5, 0.6) is 0 Å². The predicted octanol–water partition coefficient (Wildman–Crippen LogP) is 3.89. The molecule has 0 fully saturated rings. The van der Waals surface area contributed by atoms with Crippen molar-refractivity contribution in [2.24, 2.45) is 5.73 Å². The normalized spacial score (nSPS) is 12.2. The molecule has 3 N–H and O–H groups in total. The van der Waals surface area contributed by atoms with Crippen molar-refractivity contribution in [3.8, 4) is 11.1 Å². The van der Waals surface area contributed by atoms with Crippen LogP contribution in [0.15, 0.2) is 30.3 Å². The summed E-state index contributed by atoms with van der Waals surface area (Å²) in [6, 6.07) is 8.56. The summed E-state index contributed by atoms with van der Waals surface area (Å²) < 4.78 is 14.3. The van der Waals surface area contributed by atoms with Crippen molar-refractivity contribution in [1.29, 1.82) is 0 Å². The number of carboxylic acid groups (broad SMARTS) is 1. The highest BCUT2D eigenvalue weighted by molar-refractivity contribution is 5.73. The molecule has 0 spiro atoms. The fourth-order valence-corrected chi connectivity index (χ4v) is 2.78. The predicted molar refractivity (Wildman–Crippen MR) is 85.2 cm³/mol. The summed E-state index contributed by atoms with van der Waals surface area (Å²) in [7, 11) is 0. The standard InChI is InChI=1S/C18H20FNO2/c1-10-5-4-6-11(2)17(10)13-7-12(3)18(19)14(8-13)15(20)9-16(21)22/h4-8,15H,9,20H2,1-3H3,(H,21,22)/t15-/m0/s1. The lowest BCUT2D eigenvalue weighted by atomic mass is 9.91. The molecule has 4 heteroatoms. The molecule has 0 saturated carbocycles. The maximum atomic E-state index is 14.3. The fraction of sp³-hybridized carbons (Fsp3) is 0.278. The summed E-state index contributed by atoms with van der Waals surface area (Å²) in [4.78, 5) is 10.8. The van der Waals surface area contributed by atoms with Gasteiger partial charge in [-0.1, -0.05) is 18.2 Å².